The van der Waals surface area contributed by atoms with E-state index in [0.717, 1.165) is 9.99 Å². The van der Waals surface area contributed by atoms with Gasteiger partial charge in [-0.3, -0.25) is 0 Å². The number of carbonyl (C=O) groups excluding carboxylic acids is 1. The number of rotatable bonds is 6. The van der Waals surface area contributed by atoms with E-state index in [-0.39, 0.29) is 11.5 Å². The van der Waals surface area contributed by atoms with Gasteiger partial charge in [0.25, 0.3) is 0 Å². The third-order valence-corrected chi connectivity index (χ3v) is 6.35. The number of aromatic nitrogens is 2. The van der Waals surface area contributed by atoms with Gasteiger partial charge in [-0.05, 0) is 43.7 Å². The van der Waals surface area contributed by atoms with Gasteiger partial charge in [0.1, 0.15) is 12.2 Å². The van der Waals surface area contributed by atoms with Crippen molar-refractivity contribution >= 4 is 16.0 Å². The Labute approximate surface area is 170 Å². The van der Waals surface area contributed by atoms with Crippen molar-refractivity contribution in [3.05, 3.63) is 77.1 Å². The lowest BCUT2D eigenvalue weighted by Crippen LogP contribution is -2.22. The van der Waals surface area contributed by atoms with Gasteiger partial charge in [0, 0.05) is 14.1 Å². The zero-order valence-corrected chi connectivity index (χ0v) is 17.6. The summed E-state index contributed by atoms with van der Waals surface area (Å²) in [5, 5.41) is 4.45. The molecule has 0 unspecified atom stereocenters. The maximum Gasteiger partial charge on any atom is 0.342 e. The van der Waals surface area contributed by atoms with Gasteiger partial charge in [-0.1, -0.05) is 30.3 Å². The minimum absolute atomic E-state index is 0.0367. The largest absolute Gasteiger partial charge is 0.457 e. The van der Waals surface area contributed by atoms with Gasteiger partial charge in [-0.15, -0.1) is 0 Å². The lowest BCUT2D eigenvalue weighted by atomic mass is 10.2. The van der Waals surface area contributed by atoms with E-state index in [4.69, 9.17) is 4.74 Å². The van der Waals surface area contributed by atoms with Crippen LogP contribution in [-0.2, 0) is 21.4 Å². The first kappa shape index (κ1) is 20.8. The van der Waals surface area contributed by atoms with E-state index in [0.29, 0.717) is 22.5 Å². The molecule has 8 heteroatoms. The van der Waals surface area contributed by atoms with Crippen LogP contribution in [0.1, 0.15) is 27.3 Å². The molecule has 29 heavy (non-hydrogen) atoms. The molecule has 2 aromatic carbocycles. The normalized spacial score (nSPS) is 11.6. The molecular formula is C21H23N3O4S. The maximum atomic E-state index is 12.7. The van der Waals surface area contributed by atoms with Crippen LogP contribution in [0.2, 0.25) is 0 Å². The van der Waals surface area contributed by atoms with Crippen molar-refractivity contribution in [3.8, 4) is 5.69 Å². The summed E-state index contributed by atoms with van der Waals surface area (Å²) in [5.41, 5.74) is 3.11. The molecule has 1 aromatic heterocycles. The zero-order valence-electron chi connectivity index (χ0n) is 16.8. The summed E-state index contributed by atoms with van der Waals surface area (Å²) < 4.78 is 32.9. The van der Waals surface area contributed by atoms with Crippen molar-refractivity contribution in [2.24, 2.45) is 0 Å². The quantitative estimate of drug-likeness (QED) is 0.580. The summed E-state index contributed by atoms with van der Waals surface area (Å²) in [6.07, 6.45) is 0. The Morgan fingerprint density at radius 1 is 1.07 bits per heavy atom. The molecule has 0 radical (unpaired) electrons. The van der Waals surface area contributed by atoms with Crippen molar-refractivity contribution in [2.45, 2.75) is 25.3 Å². The highest BCUT2D eigenvalue weighted by atomic mass is 32.2. The zero-order chi connectivity index (χ0) is 21.2. The molecule has 0 bridgehead atoms. The minimum atomic E-state index is -3.55. The number of hydrogen-bond acceptors (Lipinski definition) is 5. The van der Waals surface area contributed by atoms with Crippen molar-refractivity contribution in [1.82, 2.24) is 14.1 Å². The topological polar surface area (TPSA) is 81.5 Å². The third-order valence-electron chi connectivity index (χ3n) is 4.54. The van der Waals surface area contributed by atoms with Crippen LogP contribution >= 0.6 is 0 Å². The molecule has 0 aliphatic rings. The Bertz CT molecular complexity index is 1140. The van der Waals surface area contributed by atoms with E-state index in [9.17, 15) is 13.2 Å². The molecule has 0 saturated heterocycles. The summed E-state index contributed by atoms with van der Waals surface area (Å²) in [6.45, 7) is 3.53. The van der Waals surface area contributed by atoms with E-state index < -0.39 is 16.0 Å². The fourth-order valence-corrected chi connectivity index (χ4v) is 3.96. The molecule has 0 spiro atoms. The Kier molecular flexibility index (Phi) is 5.86. The predicted octanol–water partition coefficient (Wildman–Crippen LogP) is 3.10. The fraction of sp³-hybridized carbons (Fsp3) is 0.238. The second-order valence-electron chi connectivity index (χ2n) is 6.80. The second-order valence-corrected chi connectivity index (χ2v) is 8.96. The first-order chi connectivity index (χ1) is 13.7. The molecule has 7 nitrogen and oxygen atoms in total. The van der Waals surface area contributed by atoms with E-state index >= 15 is 0 Å². The van der Waals surface area contributed by atoms with Gasteiger partial charge in [0.2, 0.25) is 10.0 Å². The number of hydrogen-bond donors (Lipinski definition) is 0. The summed E-state index contributed by atoms with van der Waals surface area (Å²) in [6, 6.07) is 15.9. The first-order valence-corrected chi connectivity index (χ1v) is 10.5. The van der Waals surface area contributed by atoms with Crippen molar-refractivity contribution in [1.29, 1.82) is 0 Å². The highest BCUT2D eigenvalue weighted by Crippen LogP contribution is 2.20. The van der Waals surface area contributed by atoms with Crippen LogP contribution in [0.4, 0.5) is 0 Å². The van der Waals surface area contributed by atoms with Crippen LogP contribution in [0.3, 0.4) is 0 Å². The predicted molar refractivity (Wildman–Crippen MR) is 109 cm³/mol. The highest BCUT2D eigenvalue weighted by Gasteiger charge is 2.21. The smallest absolute Gasteiger partial charge is 0.342 e. The molecule has 0 amide bonds. The van der Waals surface area contributed by atoms with E-state index in [1.54, 1.807) is 23.7 Å². The number of para-hydroxylation sites is 1. The fourth-order valence-electron chi connectivity index (χ4n) is 2.99. The number of nitrogens with zero attached hydrogens (tertiary/aromatic N) is 3. The lowest BCUT2D eigenvalue weighted by molar-refractivity contribution is 0.0470. The van der Waals surface area contributed by atoms with Crippen LogP contribution in [0.25, 0.3) is 5.69 Å². The van der Waals surface area contributed by atoms with Crippen LogP contribution < -0.4 is 0 Å². The molecular weight excluding hydrogens is 390 g/mol. The van der Waals surface area contributed by atoms with Crippen LogP contribution in [0.15, 0.2) is 59.5 Å². The average Bonchev–Trinajstić information content (AvgIpc) is 3.01. The van der Waals surface area contributed by atoms with Gasteiger partial charge in [-0.2, -0.15) is 5.10 Å². The van der Waals surface area contributed by atoms with Crippen molar-refractivity contribution in [2.75, 3.05) is 14.1 Å². The number of aryl methyl sites for hydroxylation is 1. The standard InChI is InChI=1S/C21H23N3O4S/c1-15-20(16(2)24(22-15)18-10-6-5-7-11-18)21(25)28-14-17-9-8-12-19(13-17)29(26,27)23(3)4/h5-13H,14H2,1-4H3. The van der Waals surface area contributed by atoms with Crippen molar-refractivity contribution < 1.29 is 17.9 Å². The SMILES string of the molecule is Cc1nn(-c2ccccc2)c(C)c1C(=O)OCc1cccc(S(=O)(=O)N(C)C)c1. The van der Waals surface area contributed by atoms with Crippen LogP contribution in [0.5, 0.6) is 0 Å². The number of carbonyl (C=O) groups is 1. The molecule has 3 aromatic rings. The highest BCUT2D eigenvalue weighted by molar-refractivity contribution is 7.89. The molecule has 0 saturated carbocycles. The summed E-state index contributed by atoms with van der Waals surface area (Å²) in [7, 11) is -0.611. The monoisotopic (exact) mass is 413 g/mol. The number of ether oxygens (including phenoxy) is 1. The number of sulfonamides is 1. The molecule has 0 aliphatic carbocycles. The van der Waals surface area contributed by atoms with Gasteiger partial charge in [-0.25, -0.2) is 22.2 Å². The van der Waals surface area contributed by atoms with E-state index in [2.05, 4.69) is 5.10 Å². The first-order valence-electron chi connectivity index (χ1n) is 9.02. The molecule has 0 aliphatic heterocycles. The summed E-state index contributed by atoms with van der Waals surface area (Å²) in [4.78, 5) is 12.8. The Hall–Kier alpha value is -2.97. The molecule has 0 N–H and O–H groups in total. The minimum Gasteiger partial charge on any atom is -0.457 e. The average molecular weight is 413 g/mol. The second kappa shape index (κ2) is 8.18. The molecule has 0 atom stereocenters. The summed E-state index contributed by atoms with van der Waals surface area (Å²) >= 11 is 0. The molecule has 152 valence electrons. The number of benzene rings is 2. The summed E-state index contributed by atoms with van der Waals surface area (Å²) in [5.74, 6) is -0.497. The third kappa shape index (κ3) is 4.23. The molecule has 0 fully saturated rings. The number of esters is 1. The Balaban J connectivity index is 1.80. The molecule has 1 heterocycles. The van der Waals surface area contributed by atoms with Crippen molar-refractivity contribution in [3.63, 3.8) is 0 Å². The van der Waals surface area contributed by atoms with Gasteiger partial charge >= 0.3 is 5.97 Å². The molecule has 3 rings (SSSR count). The lowest BCUT2D eigenvalue weighted by Gasteiger charge is -2.12. The van der Waals surface area contributed by atoms with Gasteiger partial charge < -0.3 is 4.74 Å². The van der Waals surface area contributed by atoms with Gasteiger partial charge in [0.05, 0.1) is 22.0 Å². The van der Waals surface area contributed by atoms with Crippen LogP contribution in [-0.4, -0.2) is 42.6 Å². The van der Waals surface area contributed by atoms with E-state index in [1.807, 2.05) is 37.3 Å². The van der Waals surface area contributed by atoms with E-state index in [1.165, 1.54) is 26.2 Å². The van der Waals surface area contributed by atoms with Gasteiger partial charge in [0.15, 0.2) is 0 Å². The Morgan fingerprint density at radius 3 is 2.41 bits per heavy atom. The van der Waals surface area contributed by atoms with Crippen LogP contribution in [0, 0.1) is 13.8 Å². The Morgan fingerprint density at radius 2 is 1.76 bits per heavy atom. The maximum absolute atomic E-state index is 12.7.